The van der Waals surface area contributed by atoms with Crippen LogP contribution in [0.4, 0.5) is 10.2 Å². The number of nitrogens with zero attached hydrogens (tertiary/aromatic N) is 6. The highest BCUT2D eigenvalue weighted by molar-refractivity contribution is 5.57. The molecular formula is C22H27FN6. The van der Waals surface area contributed by atoms with Gasteiger partial charge in [-0.2, -0.15) is 0 Å². The van der Waals surface area contributed by atoms with E-state index in [2.05, 4.69) is 43.3 Å². The van der Waals surface area contributed by atoms with Gasteiger partial charge in [0.1, 0.15) is 17.3 Å². The second-order valence-corrected chi connectivity index (χ2v) is 8.13. The van der Waals surface area contributed by atoms with Gasteiger partial charge < -0.3 is 9.80 Å². The number of rotatable bonds is 4. The highest BCUT2D eigenvalue weighted by Gasteiger charge is 2.30. The number of hydrogen-bond acceptors (Lipinski definition) is 5. The zero-order valence-electron chi connectivity index (χ0n) is 16.8. The lowest BCUT2D eigenvalue weighted by Crippen LogP contribution is -2.45. The Morgan fingerprint density at radius 1 is 1.10 bits per heavy atom. The molecule has 1 atom stereocenters. The molecule has 0 saturated carbocycles. The molecule has 152 valence electrons. The van der Waals surface area contributed by atoms with Gasteiger partial charge in [-0.25, -0.2) is 9.37 Å². The maximum atomic E-state index is 13.9. The van der Waals surface area contributed by atoms with Gasteiger partial charge >= 0.3 is 0 Å². The van der Waals surface area contributed by atoms with E-state index in [1.54, 1.807) is 0 Å². The molecule has 6 nitrogen and oxygen atoms in total. The number of aromatic nitrogens is 3. The summed E-state index contributed by atoms with van der Waals surface area (Å²) >= 11 is 0. The Balaban J connectivity index is 1.49. The summed E-state index contributed by atoms with van der Waals surface area (Å²) in [6.45, 7) is 5.75. The Morgan fingerprint density at radius 2 is 1.97 bits per heavy atom. The van der Waals surface area contributed by atoms with Crippen LogP contribution < -0.4 is 4.90 Å². The second-order valence-electron chi connectivity index (χ2n) is 8.13. The molecule has 0 spiro atoms. The van der Waals surface area contributed by atoms with Gasteiger partial charge in [-0.05, 0) is 44.6 Å². The summed E-state index contributed by atoms with van der Waals surface area (Å²) in [5, 5.41) is 0. The minimum atomic E-state index is -0.244. The molecule has 5 rings (SSSR count). The molecule has 2 aliphatic rings. The number of piperazine rings is 1. The van der Waals surface area contributed by atoms with Crippen molar-refractivity contribution >= 4 is 11.5 Å². The summed E-state index contributed by atoms with van der Waals surface area (Å²) in [6.07, 6.45) is 5.96. The minimum Gasteiger partial charge on any atom is -0.354 e. The maximum Gasteiger partial charge on any atom is 0.141 e. The average molecular weight is 394 g/mol. The second kappa shape index (κ2) is 7.72. The van der Waals surface area contributed by atoms with Gasteiger partial charge in [0.15, 0.2) is 0 Å². The van der Waals surface area contributed by atoms with E-state index in [1.807, 2.05) is 18.5 Å². The molecule has 7 heteroatoms. The predicted octanol–water partition coefficient (Wildman–Crippen LogP) is 2.96. The van der Waals surface area contributed by atoms with E-state index in [9.17, 15) is 4.39 Å². The molecule has 0 radical (unpaired) electrons. The summed E-state index contributed by atoms with van der Waals surface area (Å²) in [5.41, 5.74) is 2.84. The number of anilines is 1. The van der Waals surface area contributed by atoms with Gasteiger partial charge in [-0.15, -0.1) is 0 Å². The first kappa shape index (κ1) is 18.5. The molecule has 0 amide bonds. The fourth-order valence-electron chi connectivity index (χ4n) is 4.63. The van der Waals surface area contributed by atoms with Crippen LogP contribution in [0, 0.1) is 5.82 Å². The summed E-state index contributed by atoms with van der Waals surface area (Å²) in [6, 6.07) is 9.50. The number of pyridine rings is 2. The van der Waals surface area contributed by atoms with Crippen molar-refractivity contribution in [1.82, 2.24) is 24.2 Å². The molecule has 5 heterocycles. The van der Waals surface area contributed by atoms with Crippen LogP contribution >= 0.6 is 0 Å². The van der Waals surface area contributed by atoms with Crippen LogP contribution in [-0.2, 0) is 6.54 Å². The number of imidazole rings is 1. The van der Waals surface area contributed by atoms with Gasteiger partial charge in [0.05, 0.1) is 17.4 Å². The lowest BCUT2D eigenvalue weighted by Gasteiger charge is -2.34. The third kappa shape index (κ3) is 3.60. The largest absolute Gasteiger partial charge is 0.354 e. The van der Waals surface area contributed by atoms with E-state index in [4.69, 9.17) is 4.98 Å². The lowest BCUT2D eigenvalue weighted by atomic mass is 10.1. The molecule has 2 fully saturated rings. The van der Waals surface area contributed by atoms with Crippen LogP contribution in [0.2, 0.25) is 0 Å². The van der Waals surface area contributed by atoms with Gasteiger partial charge in [0.25, 0.3) is 0 Å². The minimum absolute atomic E-state index is 0.244. The third-order valence-electron chi connectivity index (χ3n) is 6.18. The molecule has 29 heavy (non-hydrogen) atoms. The SMILES string of the molecule is CN1CCN(c2c(CN3CCCC3c3ccccn3)nc3cc(F)ccn23)CC1. The van der Waals surface area contributed by atoms with Crippen molar-refractivity contribution in [2.45, 2.75) is 25.4 Å². The van der Waals surface area contributed by atoms with Crippen molar-refractivity contribution in [2.75, 3.05) is 44.7 Å². The van der Waals surface area contributed by atoms with E-state index < -0.39 is 0 Å². The van der Waals surface area contributed by atoms with Crippen molar-refractivity contribution in [2.24, 2.45) is 0 Å². The van der Waals surface area contributed by atoms with Gasteiger partial charge in [0, 0.05) is 51.2 Å². The van der Waals surface area contributed by atoms with Crippen molar-refractivity contribution in [1.29, 1.82) is 0 Å². The molecule has 3 aromatic rings. The first-order valence-corrected chi connectivity index (χ1v) is 10.4. The fourth-order valence-corrected chi connectivity index (χ4v) is 4.63. The third-order valence-corrected chi connectivity index (χ3v) is 6.18. The Morgan fingerprint density at radius 3 is 2.76 bits per heavy atom. The lowest BCUT2D eigenvalue weighted by molar-refractivity contribution is 0.241. The zero-order valence-corrected chi connectivity index (χ0v) is 16.8. The Hall–Kier alpha value is -2.51. The molecule has 3 aromatic heterocycles. The molecule has 0 aromatic carbocycles. The fraction of sp³-hybridized carbons (Fsp3) is 0.455. The van der Waals surface area contributed by atoms with E-state index in [1.165, 1.54) is 12.1 Å². The Labute approximate surface area is 170 Å². The number of likely N-dealkylation sites (tertiary alicyclic amines) is 1. The van der Waals surface area contributed by atoms with Gasteiger partial charge in [-0.1, -0.05) is 6.07 Å². The molecule has 0 bridgehead atoms. The summed E-state index contributed by atoms with van der Waals surface area (Å²) in [7, 11) is 2.16. The number of hydrogen-bond donors (Lipinski definition) is 0. The molecule has 0 N–H and O–H groups in total. The van der Waals surface area contributed by atoms with E-state index in [0.29, 0.717) is 11.7 Å². The monoisotopic (exact) mass is 394 g/mol. The number of halogens is 1. The van der Waals surface area contributed by atoms with Crippen molar-refractivity contribution in [3.05, 3.63) is 59.9 Å². The number of likely N-dealkylation sites (N-methyl/N-ethyl adjacent to an activating group) is 1. The quantitative estimate of drug-likeness (QED) is 0.680. The zero-order chi connectivity index (χ0) is 19.8. The van der Waals surface area contributed by atoms with E-state index >= 15 is 0 Å². The highest BCUT2D eigenvalue weighted by Crippen LogP contribution is 2.34. The molecule has 1 unspecified atom stereocenters. The van der Waals surface area contributed by atoms with Crippen LogP contribution in [-0.4, -0.2) is 63.9 Å². The van der Waals surface area contributed by atoms with Crippen LogP contribution in [0.3, 0.4) is 0 Å². The topological polar surface area (TPSA) is 39.9 Å². The highest BCUT2D eigenvalue weighted by atomic mass is 19.1. The maximum absolute atomic E-state index is 13.9. The average Bonchev–Trinajstić information content (AvgIpc) is 3.33. The van der Waals surface area contributed by atoms with Gasteiger partial charge in [-0.3, -0.25) is 14.3 Å². The molecule has 2 aliphatic heterocycles. The first-order chi connectivity index (χ1) is 14.2. The first-order valence-electron chi connectivity index (χ1n) is 10.4. The number of fused-ring (bicyclic) bond motifs is 1. The van der Waals surface area contributed by atoms with Gasteiger partial charge in [0.2, 0.25) is 0 Å². The summed E-state index contributed by atoms with van der Waals surface area (Å²) < 4.78 is 15.9. The van der Waals surface area contributed by atoms with Crippen LogP contribution in [0.5, 0.6) is 0 Å². The van der Waals surface area contributed by atoms with Crippen LogP contribution in [0.1, 0.15) is 30.3 Å². The van der Waals surface area contributed by atoms with E-state index in [-0.39, 0.29) is 5.82 Å². The standard InChI is InChI=1S/C22H27FN6/c1-26-11-13-27(14-12-26)22-19(25-21-15-17(23)7-10-29(21)22)16-28-9-4-6-20(28)18-5-2-3-8-24-18/h2-3,5,7-8,10,15,20H,4,6,9,11-14,16H2,1H3. The molecular weight excluding hydrogens is 367 g/mol. The predicted molar refractivity (Wildman–Crippen MR) is 111 cm³/mol. The van der Waals surface area contributed by atoms with Crippen molar-refractivity contribution in [3.8, 4) is 0 Å². The van der Waals surface area contributed by atoms with E-state index in [0.717, 1.165) is 69.3 Å². The Bertz CT molecular complexity index is 980. The molecule has 0 aliphatic carbocycles. The van der Waals surface area contributed by atoms with Crippen LogP contribution in [0.15, 0.2) is 42.7 Å². The molecule has 2 saturated heterocycles. The summed E-state index contributed by atoms with van der Waals surface area (Å²) in [5.74, 6) is 0.867. The summed E-state index contributed by atoms with van der Waals surface area (Å²) in [4.78, 5) is 16.7. The van der Waals surface area contributed by atoms with Crippen LogP contribution in [0.25, 0.3) is 5.65 Å². The smallest absolute Gasteiger partial charge is 0.141 e. The van der Waals surface area contributed by atoms with Crippen molar-refractivity contribution < 1.29 is 4.39 Å². The normalized spacial score (nSPS) is 21.3. The van der Waals surface area contributed by atoms with Crippen molar-refractivity contribution in [3.63, 3.8) is 0 Å². The Kier molecular flexibility index (Phi) is 4.93.